The van der Waals surface area contributed by atoms with Crippen LogP contribution in [0.1, 0.15) is 18.1 Å². The summed E-state index contributed by atoms with van der Waals surface area (Å²) in [5.41, 5.74) is 7.60. The first-order chi connectivity index (χ1) is 9.15. The van der Waals surface area contributed by atoms with Crippen LogP contribution in [0.3, 0.4) is 0 Å². The van der Waals surface area contributed by atoms with E-state index in [1.165, 1.54) is 5.56 Å². The van der Waals surface area contributed by atoms with Crippen molar-refractivity contribution in [2.24, 2.45) is 4.99 Å². The highest BCUT2D eigenvalue weighted by molar-refractivity contribution is 5.80. The van der Waals surface area contributed by atoms with Gasteiger partial charge in [-0.15, -0.1) is 0 Å². The van der Waals surface area contributed by atoms with E-state index >= 15 is 0 Å². The van der Waals surface area contributed by atoms with Gasteiger partial charge in [-0.05, 0) is 26.5 Å². The normalized spacial score (nSPS) is 18.5. The molecule has 1 aromatic rings. The molecule has 0 atom stereocenters. The van der Waals surface area contributed by atoms with Crippen molar-refractivity contribution in [1.29, 1.82) is 0 Å². The van der Waals surface area contributed by atoms with Gasteiger partial charge in [-0.2, -0.15) is 0 Å². The largest absolute Gasteiger partial charge is 0.283 e. The molecule has 1 aromatic carbocycles. The van der Waals surface area contributed by atoms with Gasteiger partial charge >= 0.3 is 0 Å². The Labute approximate surface area is 114 Å². The molecule has 0 aromatic heterocycles. The topological polar surface area (TPSA) is 36.9 Å². The zero-order valence-corrected chi connectivity index (χ0v) is 11.8. The van der Waals surface area contributed by atoms with Gasteiger partial charge in [0.25, 0.3) is 0 Å². The fraction of sp³-hybridized carbons (Fsp3) is 0.400. The summed E-state index contributed by atoms with van der Waals surface area (Å²) in [6, 6.07) is 8.34. The number of aliphatic imine (C=N–C) groups is 1. The third kappa shape index (κ3) is 4.19. The molecule has 102 valence electrons. The number of rotatable bonds is 4. The van der Waals surface area contributed by atoms with Crippen LogP contribution in [0.5, 0.6) is 0 Å². The lowest BCUT2D eigenvalue weighted by atomic mass is 10.2. The van der Waals surface area contributed by atoms with E-state index in [-0.39, 0.29) is 0 Å². The number of hydroxylamine groups is 1. The van der Waals surface area contributed by atoms with Gasteiger partial charge in [0.2, 0.25) is 0 Å². The molecule has 1 aliphatic rings. The van der Waals surface area contributed by atoms with E-state index < -0.39 is 0 Å². The summed E-state index contributed by atoms with van der Waals surface area (Å²) >= 11 is 0. The maximum Gasteiger partial charge on any atom is 0.0996 e. The van der Waals surface area contributed by atoms with Crippen LogP contribution in [0.2, 0.25) is 0 Å². The number of likely N-dealkylation sites (N-methyl/N-ethyl adjacent to an activating group) is 1. The molecule has 0 radical (unpaired) electrons. The van der Waals surface area contributed by atoms with Gasteiger partial charge in [0.05, 0.1) is 13.3 Å². The summed E-state index contributed by atoms with van der Waals surface area (Å²) in [7, 11) is 2.05. The van der Waals surface area contributed by atoms with Gasteiger partial charge in [-0.1, -0.05) is 29.8 Å². The Morgan fingerprint density at radius 1 is 1.37 bits per heavy atom. The van der Waals surface area contributed by atoms with Crippen LogP contribution in [-0.2, 0) is 11.4 Å². The molecule has 2 rings (SSSR count). The molecule has 0 bridgehead atoms. The molecular weight excluding hydrogens is 238 g/mol. The van der Waals surface area contributed by atoms with Gasteiger partial charge < -0.3 is 0 Å². The van der Waals surface area contributed by atoms with Gasteiger partial charge in [0.15, 0.2) is 0 Å². The maximum atomic E-state index is 5.52. The summed E-state index contributed by atoms with van der Waals surface area (Å²) in [6.45, 7) is 6.31. The average molecular weight is 259 g/mol. The van der Waals surface area contributed by atoms with Gasteiger partial charge in [0.1, 0.15) is 0 Å². The van der Waals surface area contributed by atoms with E-state index in [2.05, 4.69) is 53.6 Å². The third-order valence-electron chi connectivity index (χ3n) is 3.08. The van der Waals surface area contributed by atoms with Crippen LogP contribution in [-0.4, -0.2) is 31.4 Å². The van der Waals surface area contributed by atoms with Crippen molar-refractivity contribution in [3.05, 3.63) is 46.7 Å². The zero-order valence-electron chi connectivity index (χ0n) is 11.8. The molecule has 1 aliphatic heterocycles. The fourth-order valence-electron chi connectivity index (χ4n) is 1.86. The minimum atomic E-state index is 0.553. The Bertz CT molecular complexity index is 477. The zero-order chi connectivity index (χ0) is 13.7. The van der Waals surface area contributed by atoms with E-state index in [1.54, 1.807) is 0 Å². The Balaban J connectivity index is 1.85. The number of nitrogens with one attached hydrogen (secondary N) is 1. The number of allylic oxidation sites excluding steroid dienone is 1. The molecule has 1 N–H and O–H groups in total. The Kier molecular flexibility index (Phi) is 4.71. The molecule has 4 heteroatoms. The lowest BCUT2D eigenvalue weighted by Gasteiger charge is -2.21. The highest BCUT2D eigenvalue weighted by Gasteiger charge is 2.08. The van der Waals surface area contributed by atoms with Crippen molar-refractivity contribution >= 4 is 6.21 Å². The molecule has 0 spiro atoms. The van der Waals surface area contributed by atoms with Crippen molar-refractivity contribution in [3.8, 4) is 0 Å². The predicted molar refractivity (Wildman–Crippen MR) is 77.8 cm³/mol. The summed E-state index contributed by atoms with van der Waals surface area (Å²) in [4.78, 5) is 12.0. The molecule has 19 heavy (non-hydrogen) atoms. The molecular formula is C15H21N3O. The quantitative estimate of drug-likeness (QED) is 0.843. The number of hydrogen-bond acceptors (Lipinski definition) is 4. The highest BCUT2D eigenvalue weighted by atomic mass is 16.6. The predicted octanol–water partition coefficient (Wildman–Crippen LogP) is 2.26. The van der Waals surface area contributed by atoms with Gasteiger partial charge in [0, 0.05) is 24.0 Å². The monoisotopic (exact) mass is 259 g/mol. The second-order valence-electron chi connectivity index (χ2n) is 4.99. The lowest BCUT2D eigenvalue weighted by Crippen LogP contribution is -2.28. The van der Waals surface area contributed by atoms with Crippen molar-refractivity contribution in [3.63, 3.8) is 0 Å². The van der Waals surface area contributed by atoms with Crippen LogP contribution in [0.15, 0.2) is 40.5 Å². The summed E-state index contributed by atoms with van der Waals surface area (Å²) in [5.74, 6) is 0. The summed E-state index contributed by atoms with van der Waals surface area (Å²) in [6.07, 6.45) is 1.91. The Morgan fingerprint density at radius 3 is 2.79 bits per heavy atom. The van der Waals surface area contributed by atoms with Crippen LogP contribution < -0.4 is 5.48 Å². The van der Waals surface area contributed by atoms with Crippen LogP contribution in [0, 0.1) is 6.92 Å². The van der Waals surface area contributed by atoms with E-state index in [1.807, 2.05) is 13.1 Å². The lowest BCUT2D eigenvalue weighted by molar-refractivity contribution is 0.0486. The van der Waals surface area contributed by atoms with E-state index in [9.17, 15) is 0 Å². The fourth-order valence-corrected chi connectivity index (χ4v) is 1.86. The molecule has 0 unspecified atom stereocenters. The highest BCUT2D eigenvalue weighted by Crippen LogP contribution is 2.07. The Hall–Kier alpha value is -1.65. The van der Waals surface area contributed by atoms with Crippen molar-refractivity contribution in [1.82, 2.24) is 10.4 Å². The number of aryl methyl sites for hydroxylation is 1. The first kappa shape index (κ1) is 13.8. The summed E-state index contributed by atoms with van der Waals surface area (Å²) in [5, 5.41) is 0. The van der Waals surface area contributed by atoms with E-state index in [0.717, 1.165) is 30.0 Å². The smallest absolute Gasteiger partial charge is 0.0996 e. The number of benzene rings is 1. The second-order valence-corrected chi connectivity index (χ2v) is 4.99. The SMILES string of the molecule is C/C(NOCc1ccc(C)cc1)=C1\C=NCN(C)C1. The van der Waals surface area contributed by atoms with Gasteiger partial charge in [-0.3, -0.25) is 20.2 Å². The van der Waals surface area contributed by atoms with E-state index in [4.69, 9.17) is 4.84 Å². The molecule has 0 amide bonds. The molecule has 1 heterocycles. The first-order valence-electron chi connectivity index (χ1n) is 6.46. The molecule has 0 fully saturated rings. The minimum absolute atomic E-state index is 0.553. The molecule has 4 nitrogen and oxygen atoms in total. The Morgan fingerprint density at radius 2 is 2.11 bits per heavy atom. The van der Waals surface area contributed by atoms with Crippen LogP contribution in [0.4, 0.5) is 0 Å². The van der Waals surface area contributed by atoms with Crippen LogP contribution in [0.25, 0.3) is 0 Å². The molecule has 0 aliphatic carbocycles. The number of hydrogen-bond donors (Lipinski definition) is 1. The minimum Gasteiger partial charge on any atom is -0.283 e. The first-order valence-corrected chi connectivity index (χ1v) is 6.46. The van der Waals surface area contributed by atoms with Crippen LogP contribution >= 0.6 is 0 Å². The summed E-state index contributed by atoms with van der Waals surface area (Å²) < 4.78 is 0. The average Bonchev–Trinajstić information content (AvgIpc) is 2.41. The van der Waals surface area contributed by atoms with Crippen molar-refractivity contribution in [2.45, 2.75) is 20.5 Å². The van der Waals surface area contributed by atoms with E-state index in [0.29, 0.717) is 6.61 Å². The van der Waals surface area contributed by atoms with Crippen molar-refractivity contribution in [2.75, 3.05) is 20.3 Å². The van der Waals surface area contributed by atoms with Crippen molar-refractivity contribution < 1.29 is 4.84 Å². The number of nitrogens with zero attached hydrogens (tertiary/aromatic N) is 2. The molecule has 0 saturated heterocycles. The second kappa shape index (κ2) is 6.50. The third-order valence-corrected chi connectivity index (χ3v) is 3.08. The standard InChI is InChI=1S/C15H21N3O/c1-12-4-6-14(7-5-12)10-19-17-13(2)15-8-16-11-18(3)9-15/h4-8,17H,9-11H2,1-3H3/b15-13-. The molecule has 0 saturated carbocycles. The maximum absolute atomic E-state index is 5.52. The van der Waals surface area contributed by atoms with Gasteiger partial charge in [-0.25, -0.2) is 0 Å².